The van der Waals surface area contributed by atoms with Crippen LogP contribution in [0.15, 0.2) is 54.6 Å². The number of benzene rings is 2. The van der Waals surface area contributed by atoms with Crippen LogP contribution in [0.2, 0.25) is 0 Å². The lowest BCUT2D eigenvalue weighted by molar-refractivity contribution is -0.157. The number of rotatable bonds is 7. The average Bonchev–Trinajstić information content (AvgIpc) is 2.58. The number of carbonyl (C=O) groups excluding carboxylic acids is 2. The molecule has 2 N–H and O–H groups in total. The van der Waals surface area contributed by atoms with Crippen LogP contribution in [0, 0.1) is 0 Å². The largest absolute Gasteiger partial charge is 0.482 e. The first-order chi connectivity index (χ1) is 11.5. The van der Waals surface area contributed by atoms with Gasteiger partial charge in [-0.15, -0.1) is 0 Å². The molecule has 5 heteroatoms. The van der Waals surface area contributed by atoms with E-state index < -0.39 is 18.0 Å². The van der Waals surface area contributed by atoms with Crippen molar-refractivity contribution >= 4 is 11.9 Å². The first-order valence-electron chi connectivity index (χ1n) is 7.74. The minimum atomic E-state index is -1.12. The Balaban J connectivity index is 2.01. The molecule has 0 saturated heterocycles. The molecular formula is C19H21NO4. The highest BCUT2D eigenvalue weighted by atomic mass is 16.6. The first kappa shape index (κ1) is 17.5. The molecule has 24 heavy (non-hydrogen) atoms. The van der Waals surface area contributed by atoms with Crippen molar-refractivity contribution in [3.05, 3.63) is 65.7 Å². The number of carbonyl (C=O) groups is 2. The van der Waals surface area contributed by atoms with E-state index in [-0.39, 0.29) is 12.5 Å². The Labute approximate surface area is 141 Å². The van der Waals surface area contributed by atoms with Crippen LogP contribution in [-0.2, 0) is 14.3 Å². The number of nitrogens with two attached hydrogens (primary N) is 1. The average molecular weight is 327 g/mol. The summed E-state index contributed by atoms with van der Waals surface area (Å²) in [4.78, 5) is 23.6. The molecular weight excluding hydrogens is 306 g/mol. The highest BCUT2D eigenvalue weighted by molar-refractivity contribution is 5.83. The van der Waals surface area contributed by atoms with Crippen LogP contribution in [-0.4, -0.2) is 18.5 Å². The van der Waals surface area contributed by atoms with Gasteiger partial charge >= 0.3 is 5.97 Å². The molecule has 1 atom stereocenters. The molecule has 0 saturated carbocycles. The number of amides is 1. The van der Waals surface area contributed by atoms with Crippen LogP contribution in [0.5, 0.6) is 5.75 Å². The summed E-state index contributed by atoms with van der Waals surface area (Å²) in [6.07, 6.45) is -1.12. The fourth-order valence-corrected chi connectivity index (χ4v) is 2.31. The predicted molar refractivity (Wildman–Crippen MR) is 90.5 cm³/mol. The van der Waals surface area contributed by atoms with Gasteiger partial charge in [-0.2, -0.15) is 0 Å². The van der Waals surface area contributed by atoms with E-state index >= 15 is 0 Å². The fourth-order valence-electron chi connectivity index (χ4n) is 2.31. The van der Waals surface area contributed by atoms with Crippen LogP contribution in [0.4, 0.5) is 0 Å². The zero-order valence-electron chi connectivity index (χ0n) is 13.8. The number of hydrogen-bond acceptors (Lipinski definition) is 4. The van der Waals surface area contributed by atoms with Crippen molar-refractivity contribution in [1.29, 1.82) is 0 Å². The predicted octanol–water partition coefficient (Wildman–Crippen LogP) is 2.96. The van der Waals surface area contributed by atoms with Gasteiger partial charge in [-0.1, -0.05) is 62.4 Å². The van der Waals surface area contributed by atoms with Gasteiger partial charge in [0.2, 0.25) is 6.10 Å². The summed E-state index contributed by atoms with van der Waals surface area (Å²) in [6, 6.07) is 16.1. The van der Waals surface area contributed by atoms with E-state index in [1.807, 2.05) is 32.0 Å². The smallest absolute Gasteiger partial charge is 0.345 e. The minimum absolute atomic E-state index is 0.264. The lowest BCUT2D eigenvalue weighted by atomic mass is 10.0. The van der Waals surface area contributed by atoms with Gasteiger partial charge < -0.3 is 15.2 Å². The van der Waals surface area contributed by atoms with E-state index in [2.05, 4.69) is 0 Å². The second kappa shape index (κ2) is 8.15. The SMILES string of the molecule is CC(C)c1ccccc1OCC(=O)OC(C(N)=O)c1ccccc1. The number of hydrogen-bond donors (Lipinski definition) is 1. The summed E-state index contributed by atoms with van der Waals surface area (Å²) in [5.74, 6) is -0.488. The van der Waals surface area contributed by atoms with E-state index in [1.54, 1.807) is 36.4 Å². The number of para-hydroxylation sites is 1. The van der Waals surface area contributed by atoms with E-state index in [0.29, 0.717) is 11.3 Å². The van der Waals surface area contributed by atoms with Crippen LogP contribution < -0.4 is 10.5 Å². The number of esters is 1. The van der Waals surface area contributed by atoms with Gasteiger partial charge in [0.15, 0.2) is 6.61 Å². The maximum absolute atomic E-state index is 12.0. The van der Waals surface area contributed by atoms with Crippen molar-refractivity contribution in [3.63, 3.8) is 0 Å². The molecule has 0 aliphatic heterocycles. The van der Waals surface area contributed by atoms with Crippen LogP contribution in [0.3, 0.4) is 0 Å². The highest BCUT2D eigenvalue weighted by Crippen LogP contribution is 2.26. The molecule has 0 bridgehead atoms. The zero-order chi connectivity index (χ0) is 17.5. The van der Waals surface area contributed by atoms with Crippen LogP contribution in [0.25, 0.3) is 0 Å². The topological polar surface area (TPSA) is 78.6 Å². The van der Waals surface area contributed by atoms with Gasteiger partial charge in [-0.05, 0) is 17.5 Å². The van der Waals surface area contributed by atoms with E-state index in [0.717, 1.165) is 5.56 Å². The molecule has 0 aliphatic rings. The number of ether oxygens (including phenoxy) is 2. The molecule has 5 nitrogen and oxygen atoms in total. The van der Waals surface area contributed by atoms with Gasteiger partial charge in [-0.25, -0.2) is 4.79 Å². The van der Waals surface area contributed by atoms with Gasteiger partial charge in [0.05, 0.1) is 0 Å². The van der Waals surface area contributed by atoms with Gasteiger partial charge in [0.25, 0.3) is 5.91 Å². The summed E-state index contributed by atoms with van der Waals surface area (Å²) in [5, 5.41) is 0. The molecule has 0 spiro atoms. The third kappa shape index (κ3) is 4.59. The lowest BCUT2D eigenvalue weighted by Crippen LogP contribution is -2.28. The third-order valence-corrected chi connectivity index (χ3v) is 3.50. The molecule has 1 unspecified atom stereocenters. The quantitative estimate of drug-likeness (QED) is 0.793. The van der Waals surface area contributed by atoms with Crippen molar-refractivity contribution in [2.45, 2.75) is 25.9 Å². The van der Waals surface area contributed by atoms with Gasteiger partial charge in [0.1, 0.15) is 5.75 Å². The molecule has 0 heterocycles. The van der Waals surface area contributed by atoms with Gasteiger partial charge in [0, 0.05) is 5.56 Å². The van der Waals surface area contributed by atoms with E-state index in [4.69, 9.17) is 15.2 Å². The van der Waals surface area contributed by atoms with E-state index in [9.17, 15) is 9.59 Å². The number of primary amides is 1. The molecule has 0 fully saturated rings. The summed E-state index contributed by atoms with van der Waals surface area (Å²) >= 11 is 0. The normalized spacial score (nSPS) is 11.8. The Morgan fingerprint density at radius 1 is 1.00 bits per heavy atom. The van der Waals surface area contributed by atoms with Crippen molar-refractivity contribution in [2.24, 2.45) is 5.73 Å². The van der Waals surface area contributed by atoms with Crippen molar-refractivity contribution < 1.29 is 19.1 Å². The Kier molecular flexibility index (Phi) is 5.95. The van der Waals surface area contributed by atoms with Crippen molar-refractivity contribution in [3.8, 4) is 5.75 Å². The van der Waals surface area contributed by atoms with Crippen molar-refractivity contribution in [2.75, 3.05) is 6.61 Å². The molecule has 2 rings (SSSR count). The van der Waals surface area contributed by atoms with Crippen LogP contribution >= 0.6 is 0 Å². The lowest BCUT2D eigenvalue weighted by Gasteiger charge is -2.16. The second-order valence-electron chi connectivity index (χ2n) is 5.66. The monoisotopic (exact) mass is 327 g/mol. The maximum atomic E-state index is 12.0. The van der Waals surface area contributed by atoms with Crippen molar-refractivity contribution in [1.82, 2.24) is 0 Å². The minimum Gasteiger partial charge on any atom is -0.482 e. The highest BCUT2D eigenvalue weighted by Gasteiger charge is 2.22. The van der Waals surface area contributed by atoms with E-state index in [1.165, 1.54) is 0 Å². The summed E-state index contributed by atoms with van der Waals surface area (Å²) < 4.78 is 10.7. The fraction of sp³-hybridized carbons (Fsp3) is 0.263. The molecule has 0 radical (unpaired) electrons. The molecule has 0 aromatic heterocycles. The standard InChI is InChI=1S/C19H21NO4/c1-13(2)15-10-6-7-11-16(15)23-12-17(21)24-18(19(20)22)14-8-4-3-5-9-14/h3-11,13,18H,12H2,1-2H3,(H2,20,22). The summed E-state index contributed by atoms with van der Waals surface area (Å²) in [7, 11) is 0. The molecule has 126 valence electrons. The summed E-state index contributed by atoms with van der Waals surface area (Å²) in [5.41, 5.74) is 6.86. The Hall–Kier alpha value is -2.82. The summed E-state index contributed by atoms with van der Waals surface area (Å²) in [6.45, 7) is 3.79. The molecule has 0 aliphatic carbocycles. The van der Waals surface area contributed by atoms with Crippen LogP contribution in [0.1, 0.15) is 37.0 Å². The molecule has 1 amide bonds. The zero-order valence-corrected chi connectivity index (χ0v) is 13.8. The molecule has 2 aromatic rings. The Morgan fingerprint density at radius 3 is 2.25 bits per heavy atom. The Morgan fingerprint density at radius 2 is 1.62 bits per heavy atom. The van der Waals surface area contributed by atoms with Gasteiger partial charge in [-0.3, -0.25) is 4.79 Å². The second-order valence-corrected chi connectivity index (χ2v) is 5.66. The third-order valence-electron chi connectivity index (χ3n) is 3.50. The maximum Gasteiger partial charge on any atom is 0.345 e. The molecule has 2 aromatic carbocycles. The first-order valence-corrected chi connectivity index (χ1v) is 7.74. The Bertz CT molecular complexity index is 698.